The Bertz CT molecular complexity index is 411. The summed E-state index contributed by atoms with van der Waals surface area (Å²) in [4.78, 5) is 43.0. The molecule has 126 valence electrons. The van der Waals surface area contributed by atoms with Crippen molar-refractivity contribution in [3.05, 3.63) is 0 Å². The number of Topliss-reactive ketones (excluding diaryl/α,β-unsaturated/α-hetero) is 1. The average Bonchev–Trinajstić information content (AvgIpc) is 2.44. The van der Waals surface area contributed by atoms with Gasteiger partial charge in [-0.2, -0.15) is 0 Å². The Balaban J connectivity index is 0.000000406. The van der Waals surface area contributed by atoms with Gasteiger partial charge < -0.3 is 18.9 Å². The second-order valence-electron chi connectivity index (χ2n) is 4.73. The molecule has 0 spiro atoms. The molecule has 0 aromatic rings. The third-order valence-electron chi connectivity index (χ3n) is 2.80. The minimum atomic E-state index is -0.747. The molecule has 0 amide bonds. The zero-order valence-electron chi connectivity index (χ0n) is 13.6. The molecule has 1 aliphatic heterocycles. The number of methoxy groups -OCH3 is 1. The Morgan fingerprint density at radius 3 is 1.73 bits per heavy atom. The zero-order chi connectivity index (χ0) is 17.4. The van der Waals surface area contributed by atoms with Gasteiger partial charge in [-0.05, 0) is 34.6 Å². The van der Waals surface area contributed by atoms with E-state index in [1.165, 1.54) is 34.8 Å². The van der Waals surface area contributed by atoms with Gasteiger partial charge in [-0.15, -0.1) is 0 Å². The van der Waals surface area contributed by atoms with E-state index in [1.807, 2.05) is 0 Å². The average molecular weight is 318 g/mol. The van der Waals surface area contributed by atoms with E-state index < -0.39 is 42.3 Å². The molecule has 0 saturated carbocycles. The molecule has 0 aromatic carbocycles. The molecule has 0 aliphatic carbocycles. The van der Waals surface area contributed by atoms with E-state index in [-0.39, 0.29) is 5.78 Å². The Kier molecular flexibility index (Phi) is 8.32. The van der Waals surface area contributed by atoms with Crippen LogP contribution in [0, 0.1) is 0 Å². The summed E-state index contributed by atoms with van der Waals surface area (Å²) >= 11 is 0. The van der Waals surface area contributed by atoms with Gasteiger partial charge >= 0.3 is 17.9 Å². The topological polar surface area (TPSA) is 105 Å². The van der Waals surface area contributed by atoms with Crippen molar-refractivity contribution in [3.8, 4) is 0 Å². The van der Waals surface area contributed by atoms with Crippen molar-refractivity contribution in [1.29, 1.82) is 0 Å². The lowest BCUT2D eigenvalue weighted by Gasteiger charge is -2.22. The fourth-order valence-electron chi connectivity index (χ4n) is 1.09. The molecule has 0 N–H and O–H groups in total. The number of rotatable bonds is 4. The van der Waals surface area contributed by atoms with Gasteiger partial charge in [-0.25, -0.2) is 14.4 Å². The molecule has 1 rings (SSSR count). The molecule has 0 unspecified atom stereocenters. The minimum Gasteiger partial charge on any atom is -0.453 e. The molecule has 0 radical (unpaired) electrons. The molecule has 1 heterocycles. The Hall–Kier alpha value is -1.96. The van der Waals surface area contributed by atoms with E-state index in [4.69, 9.17) is 9.47 Å². The summed E-state index contributed by atoms with van der Waals surface area (Å²) in [5, 5.41) is 0. The van der Waals surface area contributed by atoms with Crippen LogP contribution in [0.25, 0.3) is 0 Å². The van der Waals surface area contributed by atoms with Crippen molar-refractivity contribution in [2.45, 2.75) is 59.0 Å². The van der Waals surface area contributed by atoms with Crippen LogP contribution in [0.1, 0.15) is 34.6 Å². The van der Waals surface area contributed by atoms with Crippen LogP contribution in [0.4, 0.5) is 0 Å². The molecule has 0 aromatic heterocycles. The van der Waals surface area contributed by atoms with Gasteiger partial charge in [0.15, 0.2) is 30.2 Å². The monoisotopic (exact) mass is 318 g/mol. The highest BCUT2D eigenvalue weighted by Crippen LogP contribution is 2.08. The summed E-state index contributed by atoms with van der Waals surface area (Å²) in [7, 11) is 1.41. The van der Waals surface area contributed by atoms with Crippen LogP contribution in [0.15, 0.2) is 0 Å². The second kappa shape index (κ2) is 9.14. The second-order valence-corrected chi connectivity index (χ2v) is 4.73. The van der Waals surface area contributed by atoms with E-state index in [0.29, 0.717) is 0 Å². The third kappa shape index (κ3) is 6.66. The first-order chi connectivity index (χ1) is 10.1. The molecular formula is C14H22O8. The van der Waals surface area contributed by atoms with Crippen LogP contribution in [-0.4, -0.2) is 55.2 Å². The molecule has 8 heteroatoms. The van der Waals surface area contributed by atoms with Crippen LogP contribution in [-0.2, 0) is 38.1 Å². The normalized spacial score (nSPS) is 23.2. The molecule has 1 fully saturated rings. The summed E-state index contributed by atoms with van der Waals surface area (Å²) in [5.41, 5.74) is 0. The molecule has 1 saturated heterocycles. The highest BCUT2D eigenvalue weighted by Gasteiger charge is 2.32. The number of ether oxygens (including phenoxy) is 4. The fourth-order valence-corrected chi connectivity index (χ4v) is 1.09. The molecule has 0 bridgehead atoms. The molecular weight excluding hydrogens is 296 g/mol. The van der Waals surface area contributed by atoms with Gasteiger partial charge in [-0.3, -0.25) is 4.79 Å². The summed E-state index contributed by atoms with van der Waals surface area (Å²) in [6.07, 6.45) is -2.80. The van der Waals surface area contributed by atoms with E-state index in [9.17, 15) is 19.2 Å². The Labute approximate surface area is 129 Å². The lowest BCUT2D eigenvalue weighted by molar-refractivity contribution is -0.191. The smallest absolute Gasteiger partial charge is 0.347 e. The van der Waals surface area contributed by atoms with Crippen molar-refractivity contribution in [2.24, 2.45) is 0 Å². The minimum absolute atomic E-state index is 0.174. The Morgan fingerprint density at radius 1 is 1.00 bits per heavy atom. The summed E-state index contributed by atoms with van der Waals surface area (Å²) in [5.74, 6) is -1.65. The van der Waals surface area contributed by atoms with Gasteiger partial charge in [0.25, 0.3) is 0 Å². The third-order valence-corrected chi connectivity index (χ3v) is 2.80. The number of ketones is 1. The molecule has 1 aliphatic rings. The van der Waals surface area contributed by atoms with Crippen molar-refractivity contribution in [2.75, 3.05) is 7.11 Å². The predicted octanol–water partition coefficient (Wildman–Crippen LogP) is 0.405. The van der Waals surface area contributed by atoms with Crippen molar-refractivity contribution in [3.63, 3.8) is 0 Å². The van der Waals surface area contributed by atoms with Crippen LogP contribution < -0.4 is 0 Å². The van der Waals surface area contributed by atoms with E-state index in [0.717, 1.165) is 0 Å². The highest BCUT2D eigenvalue weighted by atomic mass is 16.6. The fraction of sp³-hybridized carbons (Fsp3) is 0.714. The van der Waals surface area contributed by atoms with Crippen LogP contribution in [0.2, 0.25) is 0 Å². The van der Waals surface area contributed by atoms with Gasteiger partial charge in [0, 0.05) is 7.11 Å². The Morgan fingerprint density at radius 2 is 1.41 bits per heavy atom. The standard InChI is InChI=1S/C8H14O4.C6H8O4/c1-5(9)6(2)12-8(10)7(3)11-4;1-3-5(7)10-4(2)6(8)9-3/h6-7H,1-4H3;3-4H,1-2H3/t6-,7-;3-,4-/m11/s1. The number of hydrogen-bond donors (Lipinski definition) is 0. The molecule has 4 atom stereocenters. The van der Waals surface area contributed by atoms with Crippen LogP contribution >= 0.6 is 0 Å². The van der Waals surface area contributed by atoms with Crippen molar-refractivity contribution < 1.29 is 38.1 Å². The maximum Gasteiger partial charge on any atom is 0.347 e. The van der Waals surface area contributed by atoms with Crippen LogP contribution in [0.5, 0.6) is 0 Å². The first kappa shape index (κ1) is 20.0. The maximum absolute atomic E-state index is 11.0. The lowest BCUT2D eigenvalue weighted by atomic mass is 10.3. The number of cyclic esters (lactones) is 2. The highest BCUT2D eigenvalue weighted by molar-refractivity contribution is 5.86. The lowest BCUT2D eigenvalue weighted by Crippen LogP contribution is -2.40. The van der Waals surface area contributed by atoms with Crippen molar-refractivity contribution >= 4 is 23.7 Å². The van der Waals surface area contributed by atoms with Crippen LogP contribution in [0.3, 0.4) is 0 Å². The molecule has 22 heavy (non-hydrogen) atoms. The SMILES string of the molecule is CO[C@H](C)C(=O)O[C@H](C)C(C)=O.C[C@H]1OC(=O)[C@@H](C)OC1=O. The molecule has 8 nitrogen and oxygen atoms in total. The van der Waals surface area contributed by atoms with Gasteiger partial charge in [-0.1, -0.05) is 0 Å². The first-order valence-corrected chi connectivity index (χ1v) is 6.74. The van der Waals surface area contributed by atoms with E-state index in [2.05, 4.69) is 9.47 Å². The number of hydrogen-bond acceptors (Lipinski definition) is 8. The number of carbonyl (C=O) groups excluding carboxylic acids is 4. The largest absolute Gasteiger partial charge is 0.453 e. The summed E-state index contributed by atoms with van der Waals surface area (Å²) < 4.78 is 18.7. The summed E-state index contributed by atoms with van der Waals surface area (Å²) in [6, 6.07) is 0. The van der Waals surface area contributed by atoms with Gasteiger partial charge in [0.1, 0.15) is 0 Å². The van der Waals surface area contributed by atoms with E-state index in [1.54, 1.807) is 6.92 Å². The van der Waals surface area contributed by atoms with Gasteiger partial charge in [0.2, 0.25) is 0 Å². The van der Waals surface area contributed by atoms with Gasteiger partial charge in [0.05, 0.1) is 0 Å². The van der Waals surface area contributed by atoms with Crippen molar-refractivity contribution in [1.82, 2.24) is 0 Å². The number of esters is 3. The zero-order valence-corrected chi connectivity index (χ0v) is 13.6. The maximum atomic E-state index is 11.0. The predicted molar refractivity (Wildman–Crippen MR) is 73.8 cm³/mol. The number of carbonyl (C=O) groups is 4. The summed E-state index contributed by atoms with van der Waals surface area (Å²) in [6.45, 7) is 7.42. The van der Waals surface area contributed by atoms with E-state index >= 15 is 0 Å². The quantitative estimate of drug-likeness (QED) is 0.542. The first-order valence-electron chi connectivity index (χ1n) is 6.74.